The van der Waals surface area contributed by atoms with Crippen molar-refractivity contribution in [2.75, 3.05) is 0 Å². The second-order valence-corrected chi connectivity index (χ2v) is 6.48. The molecule has 3 heterocycles. The fourth-order valence-electron chi connectivity index (χ4n) is 2.63. The highest BCUT2D eigenvalue weighted by Gasteiger charge is 2.26. The minimum Gasteiger partial charge on any atom is -0.391 e. The Morgan fingerprint density at radius 1 is 1.32 bits per heavy atom. The van der Waals surface area contributed by atoms with Crippen molar-refractivity contribution in [3.8, 4) is 5.88 Å². The number of rotatable bonds is 2. The molecule has 1 aliphatic heterocycles. The summed E-state index contributed by atoms with van der Waals surface area (Å²) in [5, 5.41) is 3.08. The van der Waals surface area contributed by atoms with Crippen molar-refractivity contribution >= 4 is 28.3 Å². The summed E-state index contributed by atoms with van der Waals surface area (Å²) in [5.41, 5.74) is 2.95. The molecule has 0 aliphatic carbocycles. The van der Waals surface area contributed by atoms with Crippen LogP contribution in [0.3, 0.4) is 0 Å². The van der Waals surface area contributed by atoms with Crippen LogP contribution in [0.15, 0.2) is 41.8 Å². The maximum absolute atomic E-state index is 12.2. The van der Waals surface area contributed by atoms with Crippen LogP contribution in [0.4, 0.5) is 4.79 Å². The molecular weight excluding hydrogens is 296 g/mol. The summed E-state index contributed by atoms with van der Waals surface area (Å²) in [6, 6.07) is 12.2. The molecule has 110 valence electrons. The van der Waals surface area contributed by atoms with E-state index in [0.717, 1.165) is 26.9 Å². The van der Waals surface area contributed by atoms with Crippen LogP contribution in [0.25, 0.3) is 10.9 Å². The molecule has 0 N–H and O–H groups in total. The first-order chi connectivity index (χ1) is 10.7. The standard InChI is InChI=1S/C17H14N2O2S/c1-11-4-5-12-8-13-9-19(10-14-3-2-6-22-14)17(20)21-16(13)18-15(12)7-11/h2-8H,9-10H2,1H3. The summed E-state index contributed by atoms with van der Waals surface area (Å²) in [6.45, 7) is 3.13. The Hall–Kier alpha value is -2.40. The van der Waals surface area contributed by atoms with E-state index >= 15 is 0 Å². The zero-order valence-electron chi connectivity index (χ0n) is 12.1. The lowest BCUT2D eigenvalue weighted by Crippen LogP contribution is -2.36. The van der Waals surface area contributed by atoms with Gasteiger partial charge in [-0.1, -0.05) is 18.2 Å². The molecule has 4 nitrogen and oxygen atoms in total. The first-order valence-corrected chi connectivity index (χ1v) is 7.96. The molecule has 5 heteroatoms. The van der Waals surface area contributed by atoms with Gasteiger partial charge in [0.05, 0.1) is 18.6 Å². The Labute approximate surface area is 132 Å². The average Bonchev–Trinajstić information content (AvgIpc) is 2.99. The van der Waals surface area contributed by atoms with Crippen LogP contribution in [-0.2, 0) is 13.1 Å². The van der Waals surface area contributed by atoms with Crippen molar-refractivity contribution in [1.82, 2.24) is 9.88 Å². The largest absolute Gasteiger partial charge is 0.417 e. The molecule has 1 aliphatic rings. The van der Waals surface area contributed by atoms with Crippen molar-refractivity contribution in [3.63, 3.8) is 0 Å². The molecule has 3 aromatic rings. The van der Waals surface area contributed by atoms with Gasteiger partial charge in [-0.05, 0) is 36.1 Å². The third-order valence-corrected chi connectivity index (χ3v) is 4.60. The summed E-state index contributed by atoms with van der Waals surface area (Å²) in [6.07, 6.45) is -0.333. The monoisotopic (exact) mass is 310 g/mol. The van der Waals surface area contributed by atoms with E-state index in [4.69, 9.17) is 4.74 Å². The fraction of sp³-hybridized carbons (Fsp3) is 0.176. The Bertz CT molecular complexity index is 858. The van der Waals surface area contributed by atoms with E-state index < -0.39 is 0 Å². The van der Waals surface area contributed by atoms with Gasteiger partial charge in [-0.15, -0.1) is 11.3 Å². The van der Waals surface area contributed by atoms with Gasteiger partial charge in [-0.25, -0.2) is 9.78 Å². The summed E-state index contributed by atoms with van der Waals surface area (Å²) >= 11 is 1.64. The molecule has 1 amide bonds. The highest BCUT2D eigenvalue weighted by molar-refractivity contribution is 7.09. The van der Waals surface area contributed by atoms with E-state index in [9.17, 15) is 4.79 Å². The summed E-state index contributed by atoms with van der Waals surface area (Å²) in [5.74, 6) is 0.436. The van der Waals surface area contributed by atoms with Crippen LogP contribution in [0.5, 0.6) is 5.88 Å². The number of amides is 1. The quantitative estimate of drug-likeness (QED) is 0.715. The van der Waals surface area contributed by atoms with Crippen molar-refractivity contribution in [2.24, 2.45) is 0 Å². The second kappa shape index (κ2) is 5.10. The lowest BCUT2D eigenvalue weighted by Gasteiger charge is -2.27. The Morgan fingerprint density at radius 2 is 2.23 bits per heavy atom. The van der Waals surface area contributed by atoms with Gasteiger partial charge in [-0.3, -0.25) is 4.90 Å². The second-order valence-electron chi connectivity index (χ2n) is 5.45. The third kappa shape index (κ3) is 2.33. The first kappa shape index (κ1) is 13.3. The van der Waals surface area contributed by atoms with Crippen LogP contribution in [0.2, 0.25) is 0 Å². The summed E-state index contributed by atoms with van der Waals surface area (Å²) in [7, 11) is 0. The highest BCUT2D eigenvalue weighted by Crippen LogP contribution is 2.29. The fourth-order valence-corrected chi connectivity index (χ4v) is 3.35. The minimum atomic E-state index is -0.333. The van der Waals surface area contributed by atoms with Gasteiger partial charge in [0, 0.05) is 15.8 Å². The van der Waals surface area contributed by atoms with Crippen LogP contribution >= 0.6 is 11.3 Å². The summed E-state index contributed by atoms with van der Waals surface area (Å²) < 4.78 is 5.42. The van der Waals surface area contributed by atoms with Gasteiger partial charge in [0.25, 0.3) is 0 Å². The normalized spacial score (nSPS) is 14.0. The van der Waals surface area contributed by atoms with Gasteiger partial charge < -0.3 is 4.74 Å². The summed E-state index contributed by atoms with van der Waals surface area (Å²) in [4.78, 5) is 19.5. The number of carbonyl (C=O) groups is 1. The number of fused-ring (bicyclic) bond motifs is 2. The molecule has 0 saturated carbocycles. The molecular formula is C17H14N2O2S. The van der Waals surface area contributed by atoms with Crippen LogP contribution in [0.1, 0.15) is 16.0 Å². The maximum atomic E-state index is 12.2. The zero-order valence-corrected chi connectivity index (χ0v) is 12.9. The minimum absolute atomic E-state index is 0.333. The number of ether oxygens (including phenoxy) is 1. The average molecular weight is 310 g/mol. The van der Waals surface area contributed by atoms with Gasteiger partial charge in [0.1, 0.15) is 0 Å². The van der Waals surface area contributed by atoms with E-state index in [1.807, 2.05) is 30.5 Å². The molecule has 0 atom stereocenters. The van der Waals surface area contributed by atoms with Gasteiger partial charge in [0.2, 0.25) is 5.88 Å². The smallest absolute Gasteiger partial charge is 0.391 e. The van der Waals surface area contributed by atoms with Crippen molar-refractivity contribution in [2.45, 2.75) is 20.0 Å². The van der Waals surface area contributed by atoms with Crippen LogP contribution in [0, 0.1) is 6.92 Å². The van der Waals surface area contributed by atoms with Gasteiger partial charge in [-0.2, -0.15) is 0 Å². The van der Waals surface area contributed by atoms with E-state index in [1.54, 1.807) is 16.2 Å². The van der Waals surface area contributed by atoms with Crippen LogP contribution < -0.4 is 4.74 Å². The van der Waals surface area contributed by atoms with E-state index in [2.05, 4.69) is 23.2 Å². The molecule has 22 heavy (non-hydrogen) atoms. The van der Waals surface area contributed by atoms with Crippen molar-refractivity contribution < 1.29 is 9.53 Å². The van der Waals surface area contributed by atoms with E-state index in [-0.39, 0.29) is 6.09 Å². The number of aryl methyl sites for hydroxylation is 1. The zero-order chi connectivity index (χ0) is 15.1. The lowest BCUT2D eigenvalue weighted by molar-refractivity contribution is 0.133. The predicted octanol–water partition coefficient (Wildman–Crippen LogP) is 4.12. The first-order valence-electron chi connectivity index (χ1n) is 7.08. The van der Waals surface area contributed by atoms with Gasteiger partial charge in [0.15, 0.2) is 0 Å². The molecule has 0 saturated heterocycles. The third-order valence-electron chi connectivity index (χ3n) is 3.74. The highest BCUT2D eigenvalue weighted by atomic mass is 32.1. The van der Waals surface area contributed by atoms with E-state index in [1.165, 1.54) is 0 Å². The number of pyridine rings is 1. The number of benzene rings is 1. The molecule has 0 radical (unpaired) electrons. The molecule has 0 fully saturated rings. The molecule has 1 aromatic carbocycles. The molecule has 2 aromatic heterocycles. The van der Waals surface area contributed by atoms with Crippen molar-refractivity contribution in [3.05, 3.63) is 57.8 Å². The van der Waals surface area contributed by atoms with Crippen LogP contribution in [-0.4, -0.2) is 16.0 Å². The maximum Gasteiger partial charge on any atom is 0.417 e. The predicted molar refractivity (Wildman–Crippen MR) is 86.1 cm³/mol. The Kier molecular flexibility index (Phi) is 3.08. The van der Waals surface area contributed by atoms with E-state index in [0.29, 0.717) is 19.0 Å². The number of hydrogen-bond acceptors (Lipinski definition) is 4. The molecule has 4 rings (SSSR count). The number of nitrogens with zero attached hydrogens (tertiary/aromatic N) is 2. The SMILES string of the molecule is Cc1ccc2cc3c(nc2c1)OC(=O)N(Cc1cccs1)C3. The van der Waals surface area contributed by atoms with Crippen molar-refractivity contribution in [1.29, 1.82) is 0 Å². The Morgan fingerprint density at radius 3 is 3.05 bits per heavy atom. The van der Waals surface area contributed by atoms with Gasteiger partial charge >= 0.3 is 6.09 Å². The molecule has 0 unspecified atom stereocenters. The lowest BCUT2D eigenvalue weighted by atomic mass is 10.1. The molecule has 0 spiro atoms. The number of aromatic nitrogens is 1. The number of thiophene rings is 1. The number of hydrogen-bond donors (Lipinski definition) is 0. The molecule has 0 bridgehead atoms. The number of carbonyl (C=O) groups excluding carboxylic acids is 1. The Balaban J connectivity index is 1.69. The topological polar surface area (TPSA) is 42.4 Å².